The van der Waals surface area contributed by atoms with Gasteiger partial charge in [0.05, 0.1) is 0 Å². The highest BCUT2D eigenvalue weighted by molar-refractivity contribution is 5.44. The molecule has 0 aliphatic rings. The van der Waals surface area contributed by atoms with E-state index in [9.17, 15) is 0 Å². The number of anilines is 1. The fourth-order valence-electron chi connectivity index (χ4n) is 0.955. The van der Waals surface area contributed by atoms with E-state index < -0.39 is 0 Å². The minimum absolute atomic E-state index is 0.140. The molecule has 1 aromatic rings. The minimum atomic E-state index is 0.140. The lowest BCUT2D eigenvalue weighted by molar-refractivity contribution is 0.737. The summed E-state index contributed by atoms with van der Waals surface area (Å²) in [5.41, 5.74) is 13.1. The van der Waals surface area contributed by atoms with Crippen molar-refractivity contribution in [3.63, 3.8) is 0 Å². The quantitative estimate of drug-likeness (QED) is 0.648. The lowest BCUT2D eigenvalue weighted by Gasteiger charge is -2.06. The molecule has 1 heterocycles. The van der Waals surface area contributed by atoms with E-state index in [1.54, 1.807) is 18.5 Å². The van der Waals surface area contributed by atoms with Gasteiger partial charge in [-0.15, -0.1) is 0 Å². The molecule has 0 amide bonds. The summed E-state index contributed by atoms with van der Waals surface area (Å²) in [7, 11) is 0. The van der Waals surface area contributed by atoms with Gasteiger partial charge >= 0.3 is 0 Å². The van der Waals surface area contributed by atoms with Crippen molar-refractivity contribution < 1.29 is 0 Å². The zero-order valence-electron chi connectivity index (χ0n) is 6.62. The molecule has 1 rings (SSSR count). The molecule has 0 aliphatic carbocycles. The maximum absolute atomic E-state index is 5.67. The fraction of sp³-hybridized carbons (Fsp3) is 0.375. The van der Waals surface area contributed by atoms with E-state index in [4.69, 9.17) is 11.5 Å². The van der Waals surface area contributed by atoms with Crippen molar-refractivity contribution in [2.45, 2.75) is 19.4 Å². The van der Waals surface area contributed by atoms with Crippen molar-refractivity contribution in [1.82, 2.24) is 4.98 Å². The molecule has 0 aliphatic heterocycles. The van der Waals surface area contributed by atoms with Crippen LogP contribution in [0.2, 0.25) is 0 Å². The Labute approximate surface area is 66.4 Å². The first-order valence-corrected chi connectivity index (χ1v) is 3.64. The highest BCUT2D eigenvalue weighted by atomic mass is 14.7. The van der Waals surface area contributed by atoms with Crippen LogP contribution < -0.4 is 11.5 Å². The van der Waals surface area contributed by atoms with Crippen LogP contribution >= 0.6 is 0 Å². The van der Waals surface area contributed by atoms with E-state index in [1.807, 2.05) is 6.92 Å². The Hall–Kier alpha value is -1.09. The van der Waals surface area contributed by atoms with Gasteiger partial charge in [-0.25, -0.2) is 0 Å². The molecule has 0 radical (unpaired) electrons. The molecular formula is C8H13N3. The second kappa shape index (κ2) is 3.34. The molecule has 3 heteroatoms. The minimum Gasteiger partial charge on any atom is -0.398 e. The van der Waals surface area contributed by atoms with E-state index in [-0.39, 0.29) is 6.04 Å². The van der Waals surface area contributed by atoms with Crippen LogP contribution in [0.1, 0.15) is 12.5 Å². The summed E-state index contributed by atoms with van der Waals surface area (Å²) in [5, 5.41) is 0. The van der Waals surface area contributed by atoms with Crippen LogP contribution in [-0.2, 0) is 6.42 Å². The predicted molar refractivity (Wildman–Crippen MR) is 46.0 cm³/mol. The van der Waals surface area contributed by atoms with Gasteiger partial charge in [0.25, 0.3) is 0 Å². The lowest BCUT2D eigenvalue weighted by Crippen LogP contribution is -2.18. The number of nitrogens with zero attached hydrogens (tertiary/aromatic N) is 1. The third kappa shape index (κ3) is 2.20. The molecule has 11 heavy (non-hydrogen) atoms. The molecule has 1 aromatic heterocycles. The summed E-state index contributed by atoms with van der Waals surface area (Å²) < 4.78 is 0. The average molecular weight is 151 g/mol. The van der Waals surface area contributed by atoms with Crippen molar-refractivity contribution >= 4 is 5.69 Å². The lowest BCUT2D eigenvalue weighted by atomic mass is 10.1. The van der Waals surface area contributed by atoms with Crippen LogP contribution in [0.5, 0.6) is 0 Å². The van der Waals surface area contributed by atoms with Crippen molar-refractivity contribution in [2.75, 3.05) is 5.73 Å². The number of aromatic nitrogens is 1. The van der Waals surface area contributed by atoms with Crippen LogP contribution in [0.15, 0.2) is 18.5 Å². The monoisotopic (exact) mass is 151 g/mol. The van der Waals surface area contributed by atoms with Crippen molar-refractivity contribution in [3.8, 4) is 0 Å². The molecular weight excluding hydrogens is 138 g/mol. The summed E-state index contributed by atoms with van der Waals surface area (Å²) >= 11 is 0. The maximum Gasteiger partial charge on any atom is 0.0378 e. The van der Waals surface area contributed by atoms with Gasteiger partial charge in [0, 0.05) is 24.1 Å². The number of hydrogen-bond acceptors (Lipinski definition) is 3. The zero-order valence-corrected chi connectivity index (χ0v) is 6.62. The molecule has 0 spiro atoms. The smallest absolute Gasteiger partial charge is 0.0378 e. The van der Waals surface area contributed by atoms with Crippen LogP contribution in [0, 0.1) is 0 Å². The van der Waals surface area contributed by atoms with Gasteiger partial charge in [-0.3, -0.25) is 4.98 Å². The number of nitrogens with two attached hydrogens (primary N) is 2. The topological polar surface area (TPSA) is 64.9 Å². The first-order valence-electron chi connectivity index (χ1n) is 3.64. The molecule has 0 aromatic carbocycles. The van der Waals surface area contributed by atoms with Gasteiger partial charge in [0.2, 0.25) is 0 Å². The first kappa shape index (κ1) is 8.01. The average Bonchev–Trinajstić information content (AvgIpc) is 1.93. The summed E-state index contributed by atoms with van der Waals surface area (Å²) in [6.45, 7) is 1.95. The Bertz CT molecular complexity index is 233. The van der Waals surface area contributed by atoms with Crippen LogP contribution in [0.3, 0.4) is 0 Å². The van der Waals surface area contributed by atoms with Gasteiger partial charge in [-0.1, -0.05) is 0 Å². The molecule has 0 saturated heterocycles. The Morgan fingerprint density at radius 3 is 2.91 bits per heavy atom. The molecule has 0 saturated carbocycles. The summed E-state index contributed by atoms with van der Waals surface area (Å²) in [4.78, 5) is 3.96. The number of hydrogen-bond donors (Lipinski definition) is 2. The molecule has 1 unspecified atom stereocenters. The van der Waals surface area contributed by atoms with Crippen molar-refractivity contribution in [1.29, 1.82) is 0 Å². The summed E-state index contributed by atoms with van der Waals surface area (Å²) in [6.07, 6.45) is 4.23. The molecule has 60 valence electrons. The van der Waals surface area contributed by atoms with E-state index >= 15 is 0 Å². The van der Waals surface area contributed by atoms with E-state index in [0.29, 0.717) is 0 Å². The van der Waals surface area contributed by atoms with Gasteiger partial charge < -0.3 is 11.5 Å². The number of rotatable bonds is 2. The molecule has 0 fully saturated rings. The Morgan fingerprint density at radius 1 is 1.64 bits per heavy atom. The molecule has 1 atom stereocenters. The third-order valence-electron chi connectivity index (χ3n) is 1.48. The largest absolute Gasteiger partial charge is 0.398 e. The SMILES string of the molecule is CC(N)Cc1cnccc1N. The van der Waals surface area contributed by atoms with Crippen LogP contribution in [0.4, 0.5) is 5.69 Å². The molecule has 3 nitrogen and oxygen atoms in total. The van der Waals surface area contributed by atoms with Crippen molar-refractivity contribution in [2.24, 2.45) is 5.73 Å². The molecule has 4 N–H and O–H groups in total. The van der Waals surface area contributed by atoms with Crippen LogP contribution in [-0.4, -0.2) is 11.0 Å². The van der Waals surface area contributed by atoms with E-state index in [0.717, 1.165) is 17.7 Å². The first-order chi connectivity index (χ1) is 5.20. The number of pyridine rings is 1. The van der Waals surface area contributed by atoms with Crippen LogP contribution in [0.25, 0.3) is 0 Å². The summed E-state index contributed by atoms with van der Waals surface area (Å²) in [6, 6.07) is 1.93. The highest BCUT2D eigenvalue weighted by Gasteiger charge is 2.00. The summed E-state index contributed by atoms with van der Waals surface area (Å²) in [5.74, 6) is 0. The maximum atomic E-state index is 5.67. The highest BCUT2D eigenvalue weighted by Crippen LogP contribution is 2.09. The van der Waals surface area contributed by atoms with Crippen molar-refractivity contribution in [3.05, 3.63) is 24.0 Å². The van der Waals surface area contributed by atoms with Gasteiger partial charge in [0.1, 0.15) is 0 Å². The Kier molecular flexibility index (Phi) is 2.44. The second-order valence-electron chi connectivity index (χ2n) is 2.76. The Balaban J connectivity index is 2.78. The fourth-order valence-corrected chi connectivity index (χ4v) is 0.955. The Morgan fingerprint density at radius 2 is 2.36 bits per heavy atom. The van der Waals surface area contributed by atoms with Gasteiger partial charge in [0.15, 0.2) is 0 Å². The third-order valence-corrected chi connectivity index (χ3v) is 1.48. The predicted octanol–water partition coefficient (Wildman–Crippen LogP) is 0.554. The zero-order chi connectivity index (χ0) is 8.27. The number of nitrogen functional groups attached to an aromatic ring is 1. The standard InChI is InChI=1S/C8H13N3/c1-6(9)4-7-5-11-3-2-8(7)10/h2-3,5-6H,4,9H2,1H3,(H2,10,11). The normalized spacial score (nSPS) is 12.9. The van der Waals surface area contributed by atoms with Gasteiger partial charge in [-0.2, -0.15) is 0 Å². The molecule has 0 bridgehead atoms. The van der Waals surface area contributed by atoms with E-state index in [2.05, 4.69) is 4.98 Å². The van der Waals surface area contributed by atoms with Gasteiger partial charge in [-0.05, 0) is 25.0 Å². The second-order valence-corrected chi connectivity index (χ2v) is 2.76. The van der Waals surface area contributed by atoms with E-state index in [1.165, 1.54) is 0 Å².